The molecule has 0 saturated carbocycles. The highest BCUT2D eigenvalue weighted by molar-refractivity contribution is 9.10. The quantitative estimate of drug-likeness (QED) is 0.0665. The Kier molecular flexibility index (Phi) is 18.5. The molecule has 0 heterocycles. The van der Waals surface area contributed by atoms with Crippen molar-refractivity contribution in [2.24, 2.45) is 0 Å². The van der Waals surface area contributed by atoms with Crippen LogP contribution in [0.1, 0.15) is 21.5 Å². The maximum absolute atomic E-state index is 12.9. The van der Waals surface area contributed by atoms with Gasteiger partial charge in [0.25, 0.3) is 0 Å². The molecule has 18 aromatic rings. The van der Waals surface area contributed by atoms with Gasteiger partial charge in [-0.15, -0.1) is 0 Å². The fraction of sp³-hybridized carbons (Fsp3) is 0.0202. The van der Waals surface area contributed by atoms with Crippen LogP contribution in [-0.4, -0.2) is 12.9 Å². The van der Waals surface area contributed by atoms with E-state index in [0.717, 1.165) is 84.0 Å². The van der Waals surface area contributed by atoms with Gasteiger partial charge in [-0.05, 0) is 243 Å². The van der Waals surface area contributed by atoms with Crippen molar-refractivity contribution in [3.63, 3.8) is 0 Å². The van der Waals surface area contributed by atoms with Crippen LogP contribution in [0.15, 0.2) is 399 Å². The second-order valence-corrected chi connectivity index (χ2v) is 27.4. The van der Waals surface area contributed by atoms with E-state index in [2.05, 4.69) is 321 Å². The highest BCUT2D eigenvalue weighted by atomic mass is 79.9. The van der Waals surface area contributed by atoms with Gasteiger partial charge in [-0.1, -0.05) is 228 Å². The largest absolute Gasteiger partial charge is 0.497 e. The lowest BCUT2D eigenvalue weighted by Crippen LogP contribution is -2.13. The Balaban J connectivity index is 0.000000159. The van der Waals surface area contributed by atoms with E-state index >= 15 is 0 Å². The zero-order chi connectivity index (χ0) is 72.2. The highest BCUT2D eigenvalue weighted by Gasteiger charge is 2.24. The summed E-state index contributed by atoms with van der Waals surface area (Å²) in [5.74, 6) is 2.17. The van der Waals surface area contributed by atoms with Gasteiger partial charge in [-0.3, -0.25) is 4.79 Å². The number of aryl methyl sites for hydroxylation is 1. The van der Waals surface area contributed by atoms with Crippen LogP contribution in [0.25, 0.3) is 64.6 Å². The molecule has 0 saturated heterocycles. The van der Waals surface area contributed by atoms with E-state index < -0.39 is 0 Å². The standard InChI is InChI=1S/C54H35BrN2.C45H36N2O3/c55-39-25-27-40(28-26-39)56(52-33-36-13-1-4-16-43(36)46-19-7-10-22-49(46)52)41-29-31-42(32-30-41)57(53-34-37-14-2-5-17-44(37)47-20-8-11-23-50(47)53)54-35-38-15-3-6-18-45(38)48-21-9-12-24-51(48)54;1-33-13-15-34(16-14-33)45(48)35-17-27-43(28-18-35)50-44-31-25-41(26-32-44)47(37-11-7-4-8-12-37)39-21-19-38(20-22-39)46(36-9-5-3-6-10-36)40-23-29-42(49-2)30-24-40/h1-35H;3-32H,1-2H3. The molecular formula is C99H71BrN4O3. The Bertz CT molecular complexity index is 6100. The molecule has 0 spiro atoms. The lowest BCUT2D eigenvalue weighted by Gasteiger charge is -2.31. The van der Waals surface area contributed by atoms with Crippen molar-refractivity contribution in [2.45, 2.75) is 6.92 Å². The molecule has 18 rings (SSSR count). The van der Waals surface area contributed by atoms with E-state index in [0.29, 0.717) is 22.6 Å². The average Bonchev–Trinajstić information content (AvgIpc) is 0.745. The molecule has 0 unspecified atom stereocenters. The predicted molar refractivity (Wildman–Crippen MR) is 452 cm³/mol. The molecule has 0 aliphatic carbocycles. The normalized spacial score (nSPS) is 11.2. The number of halogens is 1. The minimum atomic E-state index is -0.0107. The number of hydrogen-bond donors (Lipinski definition) is 0. The maximum Gasteiger partial charge on any atom is 0.193 e. The van der Waals surface area contributed by atoms with E-state index in [1.54, 1.807) is 19.2 Å². The van der Waals surface area contributed by atoms with Gasteiger partial charge >= 0.3 is 0 Å². The summed E-state index contributed by atoms with van der Waals surface area (Å²) in [5.41, 5.74) is 15.3. The number of para-hydroxylation sites is 2. The summed E-state index contributed by atoms with van der Waals surface area (Å²) in [6.45, 7) is 2.01. The van der Waals surface area contributed by atoms with Crippen molar-refractivity contribution in [1.82, 2.24) is 0 Å². The Morgan fingerprint density at radius 1 is 0.252 bits per heavy atom. The van der Waals surface area contributed by atoms with Crippen molar-refractivity contribution in [2.75, 3.05) is 26.7 Å². The van der Waals surface area contributed by atoms with Crippen molar-refractivity contribution < 1.29 is 14.3 Å². The number of ketones is 1. The smallest absolute Gasteiger partial charge is 0.193 e. The van der Waals surface area contributed by atoms with Gasteiger partial charge in [0.2, 0.25) is 0 Å². The first-order valence-electron chi connectivity index (χ1n) is 35.9. The van der Waals surface area contributed by atoms with Crippen molar-refractivity contribution in [3.05, 3.63) is 415 Å². The summed E-state index contributed by atoms with van der Waals surface area (Å²) >= 11 is 3.69. The Labute approximate surface area is 631 Å². The Morgan fingerprint density at radius 3 is 0.888 bits per heavy atom. The SMILES string of the molecule is Brc1ccc(N(c2ccc(N(c3cc4ccccc4c4ccccc34)c3cc4ccccc4c4ccccc34)cc2)c2cc3ccccc3c3ccccc23)cc1.COc1ccc(N(c2ccccc2)c2ccc(N(c3ccccc3)c3ccc(Oc4ccc(C(=O)c5ccc(C)cc5)cc4)cc3)cc2)cc1. The molecule has 0 aromatic heterocycles. The summed E-state index contributed by atoms with van der Waals surface area (Å²) in [7, 11) is 1.68. The second kappa shape index (κ2) is 29.7. The maximum atomic E-state index is 12.9. The third-order valence-electron chi connectivity index (χ3n) is 19.9. The number of benzene rings is 18. The van der Waals surface area contributed by atoms with Crippen molar-refractivity contribution >= 4 is 155 Å². The summed E-state index contributed by atoms with van der Waals surface area (Å²) in [6, 6.07) is 138. The van der Waals surface area contributed by atoms with Crippen molar-refractivity contribution in [1.29, 1.82) is 0 Å². The van der Waals surface area contributed by atoms with Crippen LogP contribution in [0.3, 0.4) is 0 Å². The fourth-order valence-electron chi connectivity index (χ4n) is 14.7. The van der Waals surface area contributed by atoms with Gasteiger partial charge in [0.05, 0.1) is 24.2 Å². The van der Waals surface area contributed by atoms with Gasteiger partial charge in [0.15, 0.2) is 5.78 Å². The zero-order valence-electron chi connectivity index (χ0n) is 58.9. The van der Waals surface area contributed by atoms with E-state index in [4.69, 9.17) is 9.47 Å². The molecule has 8 heteroatoms. The molecule has 512 valence electrons. The molecule has 0 atom stereocenters. The van der Waals surface area contributed by atoms with Crippen molar-refractivity contribution in [3.8, 4) is 17.2 Å². The van der Waals surface area contributed by atoms with Gasteiger partial charge in [0.1, 0.15) is 17.2 Å². The lowest BCUT2D eigenvalue weighted by atomic mass is 9.96. The predicted octanol–water partition coefficient (Wildman–Crippen LogP) is 28.3. The van der Waals surface area contributed by atoms with Gasteiger partial charge in [0, 0.05) is 82.9 Å². The van der Waals surface area contributed by atoms with Gasteiger partial charge in [-0.25, -0.2) is 0 Å². The topological polar surface area (TPSA) is 48.5 Å². The molecule has 107 heavy (non-hydrogen) atoms. The molecule has 0 amide bonds. The Hall–Kier alpha value is -13.5. The van der Waals surface area contributed by atoms with Gasteiger partial charge in [-0.2, -0.15) is 0 Å². The first-order chi connectivity index (χ1) is 52.7. The number of hydrogen-bond acceptors (Lipinski definition) is 7. The second-order valence-electron chi connectivity index (χ2n) is 26.5. The summed E-state index contributed by atoms with van der Waals surface area (Å²) in [5, 5.41) is 14.7. The van der Waals surface area contributed by atoms with Crippen LogP contribution < -0.4 is 29.1 Å². The molecule has 0 bridgehead atoms. The monoisotopic (exact) mass is 1440 g/mol. The number of methoxy groups -OCH3 is 1. The molecular weight excluding hydrogens is 1370 g/mol. The molecule has 7 nitrogen and oxygen atoms in total. The van der Waals surface area contributed by atoms with E-state index in [-0.39, 0.29) is 5.78 Å². The van der Waals surface area contributed by atoms with E-state index in [1.165, 1.54) is 64.6 Å². The molecule has 0 aliphatic heterocycles. The minimum absolute atomic E-state index is 0.0107. The van der Waals surface area contributed by atoms with Crippen LogP contribution in [-0.2, 0) is 0 Å². The number of ether oxygens (including phenoxy) is 2. The molecule has 0 radical (unpaired) electrons. The minimum Gasteiger partial charge on any atom is -0.497 e. The van der Waals surface area contributed by atoms with Crippen LogP contribution in [0.5, 0.6) is 17.2 Å². The zero-order valence-corrected chi connectivity index (χ0v) is 60.5. The van der Waals surface area contributed by atoms with Crippen LogP contribution in [0, 0.1) is 6.92 Å². The molecule has 0 aliphatic rings. The molecule has 18 aromatic carbocycles. The highest BCUT2D eigenvalue weighted by Crippen LogP contribution is 2.49. The number of anilines is 12. The molecule has 0 fully saturated rings. The van der Waals surface area contributed by atoms with Crippen LogP contribution in [0.2, 0.25) is 0 Å². The van der Waals surface area contributed by atoms with Gasteiger partial charge < -0.3 is 29.1 Å². The third kappa shape index (κ3) is 13.5. The first kappa shape index (κ1) is 66.7. The number of nitrogens with zero attached hydrogens (tertiary/aromatic N) is 4. The van der Waals surface area contributed by atoms with Crippen LogP contribution in [0.4, 0.5) is 68.2 Å². The fourth-order valence-corrected chi connectivity index (χ4v) is 15.0. The number of carbonyl (C=O) groups is 1. The number of fused-ring (bicyclic) bond motifs is 9. The summed E-state index contributed by atoms with van der Waals surface area (Å²) < 4.78 is 12.6. The summed E-state index contributed by atoms with van der Waals surface area (Å²) in [4.78, 5) is 22.2. The first-order valence-corrected chi connectivity index (χ1v) is 36.7. The molecule has 0 N–H and O–H groups in total. The van der Waals surface area contributed by atoms with E-state index in [9.17, 15) is 4.79 Å². The Morgan fingerprint density at radius 2 is 0.514 bits per heavy atom. The average molecular weight is 1440 g/mol. The lowest BCUT2D eigenvalue weighted by molar-refractivity contribution is 0.103. The number of rotatable bonds is 17. The van der Waals surface area contributed by atoms with Crippen LogP contribution >= 0.6 is 15.9 Å². The van der Waals surface area contributed by atoms with E-state index in [1.807, 2.05) is 104 Å². The third-order valence-corrected chi connectivity index (χ3v) is 20.4. The summed E-state index contributed by atoms with van der Waals surface area (Å²) in [6.07, 6.45) is 0. The number of carbonyl (C=O) groups excluding carboxylic acids is 1.